The Hall–Kier alpha value is -2.32. The van der Waals surface area contributed by atoms with Gasteiger partial charge in [-0.15, -0.1) is 11.8 Å². The van der Waals surface area contributed by atoms with Gasteiger partial charge in [-0.3, -0.25) is 19.3 Å². The third-order valence-electron chi connectivity index (χ3n) is 5.36. The average Bonchev–Trinajstić information content (AvgIpc) is 3.00. The lowest BCUT2D eigenvalue weighted by atomic mass is 10.0. The van der Waals surface area contributed by atoms with Gasteiger partial charge < -0.3 is 5.32 Å². The number of halogens is 1. The number of benzene rings is 2. The van der Waals surface area contributed by atoms with Crippen LogP contribution in [0, 0.1) is 5.82 Å². The van der Waals surface area contributed by atoms with Crippen molar-refractivity contribution in [2.24, 2.45) is 0 Å². The highest BCUT2D eigenvalue weighted by Gasteiger charge is 2.42. The van der Waals surface area contributed by atoms with Crippen molar-refractivity contribution in [3.8, 4) is 0 Å². The molecule has 0 saturated carbocycles. The van der Waals surface area contributed by atoms with Crippen LogP contribution in [0.15, 0.2) is 47.4 Å². The summed E-state index contributed by atoms with van der Waals surface area (Å²) in [4.78, 5) is 41.1. The normalized spacial score (nSPS) is 18.7. The van der Waals surface area contributed by atoms with E-state index in [1.807, 2.05) is 6.26 Å². The molecule has 0 aromatic heterocycles. The number of rotatable bonds is 6. The Bertz CT molecular complexity index is 979. The summed E-state index contributed by atoms with van der Waals surface area (Å²) >= 11 is 3.18. The first-order valence-corrected chi connectivity index (χ1v) is 12.1. The van der Waals surface area contributed by atoms with Crippen molar-refractivity contribution in [1.82, 2.24) is 10.2 Å². The molecular weight excluding hydrogens is 423 g/mol. The number of nitrogens with one attached hydrogen (secondary N) is 1. The van der Waals surface area contributed by atoms with E-state index in [-0.39, 0.29) is 17.8 Å². The predicted molar refractivity (Wildman–Crippen MR) is 116 cm³/mol. The number of carbonyl (C=O) groups excluding carboxylic acids is 3. The number of imide groups is 1. The molecule has 8 heteroatoms. The van der Waals surface area contributed by atoms with Crippen LogP contribution in [0.3, 0.4) is 0 Å². The molecule has 1 N–H and O–H groups in total. The van der Waals surface area contributed by atoms with Crippen LogP contribution in [0.1, 0.15) is 45.2 Å². The smallest absolute Gasteiger partial charge is 0.262 e. The maximum absolute atomic E-state index is 13.8. The molecule has 4 rings (SSSR count). The minimum atomic E-state index is -0.906. The van der Waals surface area contributed by atoms with Gasteiger partial charge in [0.05, 0.1) is 17.2 Å². The molecule has 3 amide bonds. The summed E-state index contributed by atoms with van der Waals surface area (Å²) in [6.07, 6.45) is 2.93. The third-order valence-corrected chi connectivity index (χ3v) is 7.13. The standard InChI is InChI=1S/C22H21FN2O3S2/c1-29-10-9-18(25-21(27)14-4-2-3-5-15(14)22(25)28)20(26)24-17-8-11-30-19-7-6-13(23)12-16(17)19/h2-7,12,17-18H,8-11H2,1H3,(H,24,26). The largest absolute Gasteiger partial charge is 0.347 e. The molecule has 2 atom stereocenters. The molecule has 2 aliphatic heterocycles. The van der Waals surface area contributed by atoms with Crippen LogP contribution >= 0.6 is 23.5 Å². The fourth-order valence-corrected chi connectivity index (χ4v) is 5.45. The van der Waals surface area contributed by atoms with Crippen molar-refractivity contribution >= 4 is 41.2 Å². The molecule has 0 spiro atoms. The lowest BCUT2D eigenvalue weighted by Crippen LogP contribution is -2.50. The van der Waals surface area contributed by atoms with Crippen LogP contribution in [0.25, 0.3) is 0 Å². The first-order chi connectivity index (χ1) is 14.5. The number of hydrogen-bond donors (Lipinski definition) is 1. The summed E-state index contributed by atoms with van der Waals surface area (Å²) < 4.78 is 13.8. The number of hydrogen-bond acceptors (Lipinski definition) is 5. The Morgan fingerprint density at radius 2 is 1.93 bits per heavy atom. The van der Waals surface area contributed by atoms with Crippen LogP contribution in [0.5, 0.6) is 0 Å². The minimum absolute atomic E-state index is 0.325. The van der Waals surface area contributed by atoms with E-state index < -0.39 is 17.9 Å². The highest BCUT2D eigenvalue weighted by atomic mass is 32.2. The summed E-state index contributed by atoms with van der Waals surface area (Å²) in [6, 6.07) is 9.95. The number of nitrogens with zero attached hydrogens (tertiary/aromatic N) is 1. The summed E-state index contributed by atoms with van der Waals surface area (Å²) in [6.45, 7) is 0. The van der Waals surface area contributed by atoms with E-state index in [9.17, 15) is 18.8 Å². The minimum Gasteiger partial charge on any atom is -0.347 e. The third kappa shape index (κ3) is 3.86. The van der Waals surface area contributed by atoms with Crippen molar-refractivity contribution in [2.75, 3.05) is 17.8 Å². The van der Waals surface area contributed by atoms with Crippen molar-refractivity contribution in [2.45, 2.75) is 29.8 Å². The van der Waals surface area contributed by atoms with Gasteiger partial charge in [-0.25, -0.2) is 4.39 Å². The molecule has 2 heterocycles. The Balaban J connectivity index is 1.60. The topological polar surface area (TPSA) is 66.5 Å². The zero-order valence-corrected chi connectivity index (χ0v) is 18.0. The second-order valence-corrected chi connectivity index (χ2v) is 9.33. The van der Waals surface area contributed by atoms with Gasteiger partial charge in [0.2, 0.25) is 5.91 Å². The Labute approximate surface area is 182 Å². The summed E-state index contributed by atoms with van der Waals surface area (Å²) in [5, 5.41) is 2.98. The van der Waals surface area contributed by atoms with Gasteiger partial charge >= 0.3 is 0 Å². The van der Waals surface area contributed by atoms with Crippen LogP contribution < -0.4 is 5.32 Å². The number of amides is 3. The molecular formula is C22H21FN2O3S2. The van der Waals surface area contributed by atoms with Gasteiger partial charge in [-0.1, -0.05) is 12.1 Å². The number of thioether (sulfide) groups is 2. The highest BCUT2D eigenvalue weighted by molar-refractivity contribution is 7.99. The molecule has 0 aliphatic carbocycles. The van der Waals surface area contributed by atoms with E-state index in [2.05, 4.69) is 5.32 Å². The van der Waals surface area contributed by atoms with Gasteiger partial charge in [0.25, 0.3) is 11.8 Å². The van der Waals surface area contributed by atoms with Crippen LogP contribution in [0.2, 0.25) is 0 Å². The maximum atomic E-state index is 13.8. The molecule has 30 heavy (non-hydrogen) atoms. The fourth-order valence-electron chi connectivity index (χ4n) is 3.88. The molecule has 2 aliphatic rings. The monoisotopic (exact) mass is 444 g/mol. The van der Waals surface area contributed by atoms with E-state index in [1.54, 1.807) is 53.9 Å². The van der Waals surface area contributed by atoms with Crippen molar-refractivity contribution in [3.63, 3.8) is 0 Å². The van der Waals surface area contributed by atoms with Gasteiger partial charge in [-0.05, 0) is 60.7 Å². The van der Waals surface area contributed by atoms with E-state index in [4.69, 9.17) is 0 Å². The molecule has 0 fully saturated rings. The zero-order chi connectivity index (χ0) is 21.3. The molecule has 2 unspecified atom stereocenters. The highest BCUT2D eigenvalue weighted by Crippen LogP contribution is 2.37. The quantitative estimate of drug-likeness (QED) is 0.685. The first-order valence-electron chi connectivity index (χ1n) is 9.69. The lowest BCUT2D eigenvalue weighted by Gasteiger charge is -2.30. The van der Waals surface area contributed by atoms with Gasteiger partial charge in [0.15, 0.2) is 0 Å². The zero-order valence-electron chi connectivity index (χ0n) is 16.4. The Kier molecular flexibility index (Phi) is 6.15. The van der Waals surface area contributed by atoms with Crippen LogP contribution in [0.4, 0.5) is 4.39 Å². The van der Waals surface area contributed by atoms with Gasteiger partial charge in [-0.2, -0.15) is 11.8 Å². The predicted octanol–water partition coefficient (Wildman–Crippen LogP) is 3.90. The van der Waals surface area contributed by atoms with Crippen molar-refractivity contribution < 1.29 is 18.8 Å². The Morgan fingerprint density at radius 3 is 2.60 bits per heavy atom. The second kappa shape index (κ2) is 8.81. The number of fused-ring (bicyclic) bond motifs is 2. The molecule has 156 valence electrons. The van der Waals surface area contributed by atoms with Crippen LogP contribution in [-0.2, 0) is 4.79 Å². The lowest BCUT2D eigenvalue weighted by molar-refractivity contribution is -0.125. The average molecular weight is 445 g/mol. The molecule has 0 saturated heterocycles. The van der Waals surface area contributed by atoms with E-state index in [0.29, 0.717) is 29.7 Å². The molecule has 0 bridgehead atoms. The summed E-state index contributed by atoms with van der Waals surface area (Å²) in [7, 11) is 0. The van der Waals surface area contributed by atoms with Crippen LogP contribution in [-0.4, -0.2) is 46.4 Å². The molecule has 2 aromatic rings. The second-order valence-electron chi connectivity index (χ2n) is 7.20. The van der Waals surface area contributed by atoms with E-state index in [1.165, 1.54) is 12.1 Å². The van der Waals surface area contributed by atoms with E-state index in [0.717, 1.165) is 21.1 Å². The Morgan fingerprint density at radius 1 is 1.23 bits per heavy atom. The van der Waals surface area contributed by atoms with E-state index >= 15 is 0 Å². The first kappa shape index (κ1) is 20.9. The van der Waals surface area contributed by atoms with Crippen molar-refractivity contribution in [1.29, 1.82) is 0 Å². The molecule has 0 radical (unpaired) electrons. The maximum Gasteiger partial charge on any atom is 0.262 e. The van der Waals surface area contributed by atoms with Crippen molar-refractivity contribution in [3.05, 3.63) is 65.0 Å². The summed E-state index contributed by atoms with van der Waals surface area (Å²) in [5.41, 5.74) is 1.39. The molecule has 5 nitrogen and oxygen atoms in total. The molecule has 2 aromatic carbocycles. The fraction of sp³-hybridized carbons (Fsp3) is 0.318. The van der Waals surface area contributed by atoms with Gasteiger partial charge in [0.1, 0.15) is 11.9 Å². The van der Waals surface area contributed by atoms with Gasteiger partial charge in [0, 0.05) is 10.6 Å². The SMILES string of the molecule is CSCCC(C(=O)NC1CCSc2ccc(F)cc21)N1C(=O)c2ccccc2C1=O. The summed E-state index contributed by atoms with van der Waals surface area (Å²) in [5.74, 6) is -0.200. The number of carbonyl (C=O) groups is 3.